The van der Waals surface area contributed by atoms with Gasteiger partial charge in [-0.25, -0.2) is 0 Å². The summed E-state index contributed by atoms with van der Waals surface area (Å²) >= 11 is 0. The SMILES string of the molecule is CCCOc1cncc(C(O)C(O)C2CCCCC2)c1. The van der Waals surface area contributed by atoms with Gasteiger partial charge in [-0.15, -0.1) is 0 Å². The van der Waals surface area contributed by atoms with E-state index in [1.807, 2.05) is 6.92 Å². The Bertz CT molecular complexity index is 404. The van der Waals surface area contributed by atoms with Gasteiger partial charge in [0, 0.05) is 11.8 Å². The standard InChI is InChI=1S/C16H25NO3/c1-2-8-20-14-9-13(10-17-11-14)16(19)15(18)12-6-4-3-5-7-12/h9-12,15-16,18-19H,2-8H2,1H3. The van der Waals surface area contributed by atoms with Crippen LogP contribution in [0.3, 0.4) is 0 Å². The Balaban J connectivity index is 2.01. The molecule has 1 heterocycles. The third-order valence-corrected chi connectivity index (χ3v) is 4.00. The van der Waals surface area contributed by atoms with Gasteiger partial charge in [-0.2, -0.15) is 0 Å². The van der Waals surface area contributed by atoms with Gasteiger partial charge in [0.1, 0.15) is 11.9 Å². The fourth-order valence-electron chi connectivity index (χ4n) is 2.83. The number of aromatic nitrogens is 1. The Kier molecular flexibility index (Phi) is 5.80. The Morgan fingerprint density at radius 1 is 1.25 bits per heavy atom. The predicted molar refractivity (Wildman–Crippen MR) is 77.6 cm³/mol. The molecule has 1 aliphatic rings. The molecule has 0 saturated heterocycles. The number of nitrogens with zero attached hydrogens (tertiary/aromatic N) is 1. The molecule has 1 aliphatic carbocycles. The maximum absolute atomic E-state index is 10.3. The normalized spacial score (nSPS) is 19.6. The zero-order chi connectivity index (χ0) is 14.4. The van der Waals surface area contributed by atoms with E-state index in [0.717, 1.165) is 32.1 Å². The van der Waals surface area contributed by atoms with E-state index in [1.165, 1.54) is 6.42 Å². The molecular formula is C16H25NO3. The molecule has 112 valence electrons. The van der Waals surface area contributed by atoms with Crippen LogP contribution in [0.2, 0.25) is 0 Å². The maximum atomic E-state index is 10.3. The average molecular weight is 279 g/mol. The molecule has 0 aromatic carbocycles. The molecule has 1 fully saturated rings. The lowest BCUT2D eigenvalue weighted by atomic mass is 9.82. The summed E-state index contributed by atoms with van der Waals surface area (Å²) in [5, 5.41) is 20.7. The van der Waals surface area contributed by atoms with Crippen LogP contribution in [0.5, 0.6) is 5.75 Å². The monoisotopic (exact) mass is 279 g/mol. The lowest BCUT2D eigenvalue weighted by Gasteiger charge is -2.29. The van der Waals surface area contributed by atoms with E-state index in [1.54, 1.807) is 18.5 Å². The van der Waals surface area contributed by atoms with Crippen LogP contribution in [0.4, 0.5) is 0 Å². The van der Waals surface area contributed by atoms with Crippen molar-refractivity contribution in [1.29, 1.82) is 0 Å². The fraction of sp³-hybridized carbons (Fsp3) is 0.688. The van der Waals surface area contributed by atoms with Crippen molar-refractivity contribution in [2.24, 2.45) is 5.92 Å². The first-order valence-electron chi connectivity index (χ1n) is 7.66. The molecule has 20 heavy (non-hydrogen) atoms. The molecule has 4 nitrogen and oxygen atoms in total. The molecule has 2 atom stereocenters. The van der Waals surface area contributed by atoms with Gasteiger partial charge in [-0.05, 0) is 31.2 Å². The molecule has 1 aromatic heterocycles. The van der Waals surface area contributed by atoms with Crippen LogP contribution in [-0.2, 0) is 0 Å². The predicted octanol–water partition coefficient (Wildman–Crippen LogP) is 2.85. The lowest BCUT2D eigenvalue weighted by Crippen LogP contribution is -2.29. The first-order chi connectivity index (χ1) is 9.72. The highest BCUT2D eigenvalue weighted by Gasteiger charge is 2.28. The van der Waals surface area contributed by atoms with Crippen LogP contribution in [0.25, 0.3) is 0 Å². The second-order valence-corrected chi connectivity index (χ2v) is 5.64. The minimum atomic E-state index is -0.879. The van der Waals surface area contributed by atoms with Crippen molar-refractivity contribution < 1.29 is 14.9 Å². The summed E-state index contributed by atoms with van der Waals surface area (Å²) in [6.45, 7) is 2.67. The zero-order valence-corrected chi connectivity index (χ0v) is 12.2. The van der Waals surface area contributed by atoms with Gasteiger partial charge >= 0.3 is 0 Å². The number of hydrogen-bond acceptors (Lipinski definition) is 4. The van der Waals surface area contributed by atoms with E-state index >= 15 is 0 Å². The lowest BCUT2D eigenvalue weighted by molar-refractivity contribution is -0.0288. The summed E-state index contributed by atoms with van der Waals surface area (Å²) in [5.41, 5.74) is 0.636. The summed E-state index contributed by atoms with van der Waals surface area (Å²) in [4.78, 5) is 4.09. The molecule has 1 saturated carbocycles. The second-order valence-electron chi connectivity index (χ2n) is 5.64. The summed E-state index contributed by atoms with van der Waals surface area (Å²) in [7, 11) is 0. The largest absolute Gasteiger partial charge is 0.492 e. The van der Waals surface area contributed by atoms with Crippen molar-refractivity contribution in [3.63, 3.8) is 0 Å². The van der Waals surface area contributed by atoms with Gasteiger partial charge in [-0.1, -0.05) is 26.2 Å². The smallest absolute Gasteiger partial charge is 0.137 e. The minimum Gasteiger partial charge on any atom is -0.492 e. The number of hydrogen-bond donors (Lipinski definition) is 2. The molecule has 0 spiro atoms. The van der Waals surface area contributed by atoms with E-state index in [0.29, 0.717) is 17.9 Å². The van der Waals surface area contributed by atoms with Gasteiger partial charge in [0.05, 0.1) is 18.9 Å². The zero-order valence-electron chi connectivity index (χ0n) is 12.2. The first kappa shape index (κ1) is 15.3. The molecule has 0 radical (unpaired) electrons. The molecule has 0 amide bonds. The number of rotatable bonds is 6. The van der Waals surface area contributed by atoms with Gasteiger partial charge in [-0.3, -0.25) is 4.98 Å². The van der Waals surface area contributed by atoms with Crippen LogP contribution >= 0.6 is 0 Å². The van der Waals surface area contributed by atoms with Gasteiger partial charge in [0.2, 0.25) is 0 Å². The van der Waals surface area contributed by atoms with Gasteiger partial charge < -0.3 is 14.9 Å². The Labute approximate surface area is 120 Å². The van der Waals surface area contributed by atoms with Gasteiger partial charge in [0.15, 0.2) is 0 Å². The van der Waals surface area contributed by atoms with Gasteiger partial charge in [0.25, 0.3) is 0 Å². The van der Waals surface area contributed by atoms with Crippen LogP contribution < -0.4 is 4.74 Å². The quantitative estimate of drug-likeness (QED) is 0.840. The molecule has 0 bridgehead atoms. The first-order valence-corrected chi connectivity index (χ1v) is 7.66. The summed E-state index contributed by atoms with van der Waals surface area (Å²) in [6.07, 6.45) is 8.11. The van der Waals surface area contributed by atoms with E-state index in [9.17, 15) is 10.2 Å². The van der Waals surface area contributed by atoms with Crippen molar-refractivity contribution in [2.45, 2.75) is 57.7 Å². The summed E-state index contributed by atoms with van der Waals surface area (Å²) in [5.74, 6) is 0.846. The highest BCUT2D eigenvalue weighted by molar-refractivity contribution is 5.25. The van der Waals surface area contributed by atoms with E-state index in [4.69, 9.17) is 4.74 Å². The molecule has 2 N–H and O–H groups in total. The molecular weight excluding hydrogens is 254 g/mol. The topological polar surface area (TPSA) is 62.6 Å². The molecule has 1 aromatic rings. The van der Waals surface area contributed by atoms with Crippen molar-refractivity contribution in [2.75, 3.05) is 6.61 Å². The molecule has 2 rings (SSSR count). The summed E-state index contributed by atoms with van der Waals surface area (Å²) < 4.78 is 5.52. The maximum Gasteiger partial charge on any atom is 0.137 e. The Hall–Kier alpha value is -1.13. The van der Waals surface area contributed by atoms with Crippen LogP contribution in [-0.4, -0.2) is 27.9 Å². The minimum absolute atomic E-state index is 0.193. The van der Waals surface area contributed by atoms with Crippen molar-refractivity contribution in [3.8, 4) is 5.75 Å². The molecule has 4 heteroatoms. The van der Waals surface area contributed by atoms with Crippen molar-refractivity contribution in [3.05, 3.63) is 24.0 Å². The fourth-order valence-corrected chi connectivity index (χ4v) is 2.83. The van der Waals surface area contributed by atoms with E-state index < -0.39 is 12.2 Å². The second kappa shape index (κ2) is 7.60. The average Bonchev–Trinajstić information content (AvgIpc) is 2.52. The number of ether oxygens (including phenoxy) is 1. The third-order valence-electron chi connectivity index (χ3n) is 4.00. The molecule has 0 aliphatic heterocycles. The van der Waals surface area contributed by atoms with E-state index in [2.05, 4.69) is 4.98 Å². The number of aliphatic hydroxyl groups excluding tert-OH is 2. The third kappa shape index (κ3) is 3.93. The number of pyridine rings is 1. The van der Waals surface area contributed by atoms with Crippen molar-refractivity contribution >= 4 is 0 Å². The summed E-state index contributed by atoms with van der Waals surface area (Å²) in [6, 6.07) is 1.78. The van der Waals surface area contributed by atoms with Crippen LogP contribution in [0.15, 0.2) is 18.5 Å². The molecule has 2 unspecified atom stereocenters. The van der Waals surface area contributed by atoms with Crippen LogP contribution in [0, 0.1) is 5.92 Å². The highest BCUT2D eigenvalue weighted by Crippen LogP contribution is 2.32. The highest BCUT2D eigenvalue weighted by atomic mass is 16.5. The number of aliphatic hydroxyl groups is 2. The Morgan fingerprint density at radius 2 is 2.00 bits per heavy atom. The van der Waals surface area contributed by atoms with Crippen molar-refractivity contribution in [1.82, 2.24) is 4.98 Å². The Morgan fingerprint density at radius 3 is 2.70 bits per heavy atom. The van der Waals surface area contributed by atoms with E-state index in [-0.39, 0.29) is 5.92 Å². The van der Waals surface area contributed by atoms with Crippen LogP contribution in [0.1, 0.15) is 57.1 Å².